The molecule has 1 unspecified atom stereocenters. The first kappa shape index (κ1) is 19.6. The Morgan fingerprint density at radius 2 is 1.65 bits per heavy atom. The van der Waals surface area contributed by atoms with Crippen molar-refractivity contribution in [2.75, 3.05) is 29.9 Å². The fourth-order valence-corrected chi connectivity index (χ4v) is 4.50. The van der Waals surface area contributed by atoms with E-state index in [2.05, 4.69) is 57.6 Å². The number of carbonyl (C=O) groups excluding carboxylic acids is 1. The SMILES string of the molecule is O=C1CC2CN(Cc3ccccc3)CCN2c2cc(OCc3ccccc3)ccc2N1. The molecule has 2 heterocycles. The van der Waals surface area contributed by atoms with Crippen LogP contribution in [-0.4, -0.2) is 36.5 Å². The van der Waals surface area contributed by atoms with E-state index in [0.29, 0.717) is 13.0 Å². The van der Waals surface area contributed by atoms with Gasteiger partial charge in [0.15, 0.2) is 0 Å². The lowest BCUT2D eigenvalue weighted by Crippen LogP contribution is -2.53. The van der Waals surface area contributed by atoms with E-state index < -0.39 is 0 Å². The largest absolute Gasteiger partial charge is 0.489 e. The van der Waals surface area contributed by atoms with Crippen LogP contribution in [0.15, 0.2) is 78.9 Å². The van der Waals surface area contributed by atoms with Gasteiger partial charge in [-0.2, -0.15) is 0 Å². The first-order valence-corrected chi connectivity index (χ1v) is 10.9. The summed E-state index contributed by atoms with van der Waals surface area (Å²) >= 11 is 0. The molecule has 2 aliphatic heterocycles. The minimum atomic E-state index is 0.0771. The van der Waals surface area contributed by atoms with Crippen LogP contribution in [0.1, 0.15) is 17.5 Å². The molecular weight excluding hydrogens is 386 g/mol. The molecule has 0 spiro atoms. The fourth-order valence-electron chi connectivity index (χ4n) is 4.50. The molecule has 3 aromatic carbocycles. The van der Waals surface area contributed by atoms with Crippen molar-refractivity contribution in [1.82, 2.24) is 4.90 Å². The van der Waals surface area contributed by atoms with Gasteiger partial charge in [-0.1, -0.05) is 60.7 Å². The monoisotopic (exact) mass is 413 g/mol. The highest BCUT2D eigenvalue weighted by Crippen LogP contribution is 2.36. The molecule has 1 saturated heterocycles. The van der Waals surface area contributed by atoms with Crippen LogP contribution in [-0.2, 0) is 17.9 Å². The van der Waals surface area contributed by atoms with Crippen LogP contribution in [0.3, 0.4) is 0 Å². The molecule has 0 aromatic heterocycles. The number of rotatable bonds is 5. The van der Waals surface area contributed by atoms with Gasteiger partial charge in [-0.3, -0.25) is 9.69 Å². The summed E-state index contributed by atoms with van der Waals surface area (Å²) in [6.07, 6.45) is 0.500. The van der Waals surface area contributed by atoms with Crippen molar-refractivity contribution in [3.63, 3.8) is 0 Å². The highest BCUT2D eigenvalue weighted by Gasteiger charge is 2.33. The summed E-state index contributed by atoms with van der Waals surface area (Å²) in [4.78, 5) is 17.4. The van der Waals surface area contributed by atoms with Crippen molar-refractivity contribution in [3.05, 3.63) is 90.0 Å². The van der Waals surface area contributed by atoms with Gasteiger partial charge in [-0.25, -0.2) is 0 Å². The lowest BCUT2D eigenvalue weighted by atomic mass is 10.1. The zero-order valence-electron chi connectivity index (χ0n) is 17.5. The number of hydrogen-bond donors (Lipinski definition) is 1. The standard InChI is InChI=1S/C26H27N3O2/c30-26-15-22-18-28(17-20-7-3-1-4-8-20)13-14-29(22)25-16-23(11-12-24(25)27-26)31-19-21-9-5-2-6-10-21/h1-12,16,22H,13-15,17-19H2,(H,27,30). The van der Waals surface area contributed by atoms with Gasteiger partial charge in [-0.05, 0) is 23.3 Å². The maximum atomic E-state index is 12.6. The van der Waals surface area contributed by atoms with Gasteiger partial charge < -0.3 is 15.0 Å². The molecule has 5 heteroatoms. The van der Waals surface area contributed by atoms with E-state index in [1.54, 1.807) is 0 Å². The van der Waals surface area contributed by atoms with Crippen molar-refractivity contribution in [1.29, 1.82) is 0 Å². The number of ether oxygens (including phenoxy) is 1. The van der Waals surface area contributed by atoms with Gasteiger partial charge in [0, 0.05) is 38.7 Å². The van der Waals surface area contributed by atoms with E-state index in [1.807, 2.05) is 36.4 Å². The molecule has 5 rings (SSSR count). The Balaban J connectivity index is 1.33. The van der Waals surface area contributed by atoms with E-state index in [1.165, 1.54) is 5.56 Å². The van der Waals surface area contributed by atoms with Crippen molar-refractivity contribution in [2.24, 2.45) is 0 Å². The van der Waals surface area contributed by atoms with Gasteiger partial charge in [0.2, 0.25) is 5.91 Å². The average molecular weight is 414 g/mol. The van der Waals surface area contributed by atoms with Crippen molar-refractivity contribution in [2.45, 2.75) is 25.6 Å². The second kappa shape index (κ2) is 8.82. The topological polar surface area (TPSA) is 44.8 Å². The summed E-state index contributed by atoms with van der Waals surface area (Å²) < 4.78 is 6.06. The second-order valence-corrected chi connectivity index (χ2v) is 8.27. The van der Waals surface area contributed by atoms with E-state index >= 15 is 0 Å². The van der Waals surface area contributed by atoms with Crippen LogP contribution < -0.4 is 15.0 Å². The van der Waals surface area contributed by atoms with Crippen LogP contribution in [0, 0.1) is 0 Å². The predicted molar refractivity (Wildman–Crippen MR) is 123 cm³/mol. The van der Waals surface area contributed by atoms with Gasteiger partial charge in [-0.15, -0.1) is 0 Å². The number of nitrogens with one attached hydrogen (secondary N) is 1. The molecule has 158 valence electrons. The zero-order valence-corrected chi connectivity index (χ0v) is 17.5. The maximum absolute atomic E-state index is 12.6. The van der Waals surface area contributed by atoms with Crippen molar-refractivity contribution in [3.8, 4) is 5.75 Å². The maximum Gasteiger partial charge on any atom is 0.226 e. The first-order chi connectivity index (χ1) is 15.2. The van der Waals surface area contributed by atoms with Gasteiger partial charge in [0.1, 0.15) is 12.4 Å². The Labute approximate surface area is 183 Å². The molecule has 1 atom stereocenters. The van der Waals surface area contributed by atoms with Crippen LogP contribution in [0.25, 0.3) is 0 Å². The minimum absolute atomic E-state index is 0.0771. The lowest BCUT2D eigenvalue weighted by molar-refractivity contribution is -0.116. The Morgan fingerprint density at radius 1 is 0.903 bits per heavy atom. The van der Waals surface area contributed by atoms with Gasteiger partial charge in [0.25, 0.3) is 0 Å². The number of anilines is 2. The molecule has 0 aliphatic carbocycles. The van der Waals surface area contributed by atoms with Gasteiger partial charge >= 0.3 is 0 Å². The fraction of sp³-hybridized carbons (Fsp3) is 0.269. The predicted octanol–water partition coefficient (Wildman–Crippen LogP) is 4.30. The van der Waals surface area contributed by atoms with E-state index in [4.69, 9.17) is 4.74 Å². The number of carbonyl (C=O) groups is 1. The molecular formula is C26H27N3O2. The summed E-state index contributed by atoms with van der Waals surface area (Å²) in [7, 11) is 0. The molecule has 31 heavy (non-hydrogen) atoms. The molecule has 1 fully saturated rings. The molecule has 0 saturated carbocycles. The Morgan fingerprint density at radius 3 is 2.42 bits per heavy atom. The number of hydrogen-bond acceptors (Lipinski definition) is 4. The number of fused-ring (bicyclic) bond motifs is 3. The van der Waals surface area contributed by atoms with Crippen molar-refractivity contribution < 1.29 is 9.53 Å². The third-order valence-electron chi connectivity index (χ3n) is 6.04. The third kappa shape index (κ3) is 4.57. The summed E-state index contributed by atoms with van der Waals surface area (Å²) in [6, 6.07) is 26.8. The van der Waals surface area contributed by atoms with Crippen LogP contribution in [0.2, 0.25) is 0 Å². The van der Waals surface area contributed by atoms with E-state index in [9.17, 15) is 4.79 Å². The second-order valence-electron chi connectivity index (χ2n) is 8.27. The third-order valence-corrected chi connectivity index (χ3v) is 6.04. The van der Waals surface area contributed by atoms with Crippen LogP contribution in [0.5, 0.6) is 5.75 Å². The molecule has 3 aromatic rings. The number of amides is 1. The molecule has 1 amide bonds. The highest BCUT2D eigenvalue weighted by molar-refractivity contribution is 5.97. The average Bonchev–Trinajstić information content (AvgIpc) is 2.93. The van der Waals surface area contributed by atoms with E-state index in [-0.39, 0.29) is 11.9 Å². The van der Waals surface area contributed by atoms with Crippen LogP contribution >= 0.6 is 0 Å². The smallest absolute Gasteiger partial charge is 0.226 e. The Kier molecular flexibility index (Phi) is 5.59. The number of nitrogens with zero attached hydrogens (tertiary/aromatic N) is 2. The zero-order chi connectivity index (χ0) is 21.0. The summed E-state index contributed by atoms with van der Waals surface area (Å²) in [5, 5.41) is 3.09. The van der Waals surface area contributed by atoms with Crippen LogP contribution in [0.4, 0.5) is 11.4 Å². The van der Waals surface area contributed by atoms with Crippen molar-refractivity contribution >= 4 is 17.3 Å². The van der Waals surface area contributed by atoms with Gasteiger partial charge in [0.05, 0.1) is 17.4 Å². The Bertz CT molecular complexity index is 1040. The summed E-state index contributed by atoms with van der Waals surface area (Å²) in [5.41, 5.74) is 4.38. The molecule has 1 N–H and O–H groups in total. The van der Waals surface area contributed by atoms with E-state index in [0.717, 1.165) is 48.9 Å². The minimum Gasteiger partial charge on any atom is -0.489 e. The molecule has 2 aliphatic rings. The highest BCUT2D eigenvalue weighted by atomic mass is 16.5. The lowest BCUT2D eigenvalue weighted by Gasteiger charge is -2.42. The molecule has 5 nitrogen and oxygen atoms in total. The number of benzene rings is 3. The molecule has 0 radical (unpaired) electrons. The quantitative estimate of drug-likeness (QED) is 0.677. The summed E-state index contributed by atoms with van der Waals surface area (Å²) in [6.45, 7) is 4.17. The first-order valence-electron chi connectivity index (χ1n) is 10.9. The molecule has 0 bridgehead atoms. The normalized spacial score (nSPS) is 18.5. The summed E-state index contributed by atoms with van der Waals surface area (Å²) in [5.74, 6) is 0.900. The number of piperazine rings is 1. The Hall–Kier alpha value is -3.31.